The number of amides is 2. The van der Waals surface area contributed by atoms with Crippen LogP contribution < -0.4 is 21.7 Å². The second-order valence-corrected chi connectivity index (χ2v) is 8.80. The lowest BCUT2D eigenvalue weighted by atomic mass is 10.1. The van der Waals surface area contributed by atoms with Gasteiger partial charge in [-0.05, 0) is 48.7 Å². The molecule has 1 aliphatic heterocycles. The molecular formula is C26H33N5O5. The van der Waals surface area contributed by atoms with E-state index in [-0.39, 0.29) is 12.5 Å². The van der Waals surface area contributed by atoms with Gasteiger partial charge in [0.1, 0.15) is 0 Å². The second kappa shape index (κ2) is 12.4. The molecular weight excluding hydrogens is 462 g/mol. The summed E-state index contributed by atoms with van der Waals surface area (Å²) >= 11 is 0. The third-order valence-electron chi connectivity index (χ3n) is 6.04. The van der Waals surface area contributed by atoms with Gasteiger partial charge in [-0.25, -0.2) is 9.59 Å². The van der Waals surface area contributed by atoms with Crippen LogP contribution in [0.2, 0.25) is 0 Å². The molecule has 0 radical (unpaired) electrons. The molecule has 3 aromatic rings. The number of piperazine rings is 1. The minimum Gasteiger partial charge on any atom is -0.449 e. The van der Waals surface area contributed by atoms with Crippen LogP contribution in [0.4, 0.5) is 10.5 Å². The summed E-state index contributed by atoms with van der Waals surface area (Å²) in [7, 11) is 0. The third kappa shape index (κ3) is 6.73. The van der Waals surface area contributed by atoms with Crippen molar-refractivity contribution in [3.05, 3.63) is 64.1 Å². The maximum Gasteiger partial charge on any atom is 0.420 e. The first-order valence-electron chi connectivity index (χ1n) is 12.4. The fourth-order valence-corrected chi connectivity index (χ4v) is 4.17. The summed E-state index contributed by atoms with van der Waals surface area (Å²) < 4.78 is 12.2. The minimum absolute atomic E-state index is 0.198. The van der Waals surface area contributed by atoms with E-state index in [1.54, 1.807) is 36.4 Å². The molecule has 0 spiro atoms. The van der Waals surface area contributed by atoms with Gasteiger partial charge < -0.3 is 24.7 Å². The Bertz CT molecular complexity index is 1240. The minimum atomic E-state index is -0.515. The van der Waals surface area contributed by atoms with Crippen molar-refractivity contribution in [1.29, 1.82) is 0 Å². The van der Waals surface area contributed by atoms with Gasteiger partial charge in [0.2, 0.25) is 0 Å². The fourth-order valence-electron chi connectivity index (χ4n) is 4.17. The molecule has 2 aromatic carbocycles. The number of hydrogen-bond acceptors (Lipinski definition) is 7. The summed E-state index contributed by atoms with van der Waals surface area (Å²) in [6.45, 7) is 8.05. The molecule has 0 bridgehead atoms. The molecule has 4 rings (SSSR count). The molecule has 2 heterocycles. The number of aromatic nitrogens is 1. The van der Waals surface area contributed by atoms with Crippen LogP contribution in [-0.4, -0.2) is 67.3 Å². The van der Waals surface area contributed by atoms with Crippen molar-refractivity contribution >= 4 is 28.8 Å². The van der Waals surface area contributed by atoms with E-state index in [4.69, 9.17) is 9.15 Å². The first kappa shape index (κ1) is 25.5. The number of nitrogens with one attached hydrogen (secondary N) is 3. The highest BCUT2D eigenvalue weighted by atomic mass is 16.5. The van der Waals surface area contributed by atoms with Crippen molar-refractivity contribution in [3.8, 4) is 0 Å². The van der Waals surface area contributed by atoms with Crippen LogP contribution in [0.25, 0.3) is 11.1 Å². The van der Waals surface area contributed by atoms with Crippen LogP contribution in [0.3, 0.4) is 0 Å². The highest BCUT2D eigenvalue weighted by Crippen LogP contribution is 2.18. The molecule has 1 aromatic heterocycles. The van der Waals surface area contributed by atoms with Gasteiger partial charge in [-0.3, -0.25) is 14.7 Å². The lowest BCUT2D eigenvalue weighted by Gasteiger charge is -2.26. The standard InChI is InChI=1S/C26H33N5O5/c1-2-9-28-24(32)20-7-8-23-22(17-20)31(26(34)36-23)18-19-5-3-6-21(16-19)29-25(33)35-15-4-12-30-13-10-27-11-14-30/h3,5-8,16-17,27H,2,4,9-15,18H2,1H3,(H,28,32)(H,29,33). The Kier molecular flexibility index (Phi) is 8.75. The average molecular weight is 496 g/mol. The van der Waals surface area contributed by atoms with E-state index in [0.29, 0.717) is 35.5 Å². The van der Waals surface area contributed by atoms with E-state index >= 15 is 0 Å². The number of anilines is 1. The Morgan fingerprint density at radius 1 is 1.14 bits per heavy atom. The number of fused-ring (bicyclic) bond motifs is 1. The van der Waals surface area contributed by atoms with E-state index in [2.05, 4.69) is 20.9 Å². The fraction of sp³-hybridized carbons (Fsp3) is 0.423. The molecule has 192 valence electrons. The number of ether oxygens (including phenoxy) is 1. The predicted octanol–water partition coefficient (Wildman–Crippen LogP) is 2.63. The lowest BCUT2D eigenvalue weighted by molar-refractivity contribution is 0.0953. The molecule has 10 nitrogen and oxygen atoms in total. The van der Waals surface area contributed by atoms with Crippen LogP contribution in [0.1, 0.15) is 35.7 Å². The second-order valence-electron chi connectivity index (χ2n) is 8.80. The molecule has 0 aliphatic carbocycles. The van der Waals surface area contributed by atoms with Gasteiger partial charge in [0.15, 0.2) is 5.58 Å². The van der Waals surface area contributed by atoms with Crippen LogP contribution in [0.15, 0.2) is 51.7 Å². The largest absolute Gasteiger partial charge is 0.449 e. The van der Waals surface area contributed by atoms with Crippen LogP contribution in [0, 0.1) is 0 Å². The zero-order valence-electron chi connectivity index (χ0n) is 20.5. The number of hydrogen-bond donors (Lipinski definition) is 3. The first-order valence-corrected chi connectivity index (χ1v) is 12.4. The monoisotopic (exact) mass is 495 g/mol. The van der Waals surface area contributed by atoms with Gasteiger partial charge in [-0.2, -0.15) is 0 Å². The summed E-state index contributed by atoms with van der Waals surface area (Å²) in [5.74, 6) is -0.713. The quantitative estimate of drug-likeness (QED) is 0.370. The Hall–Kier alpha value is -3.63. The zero-order valence-corrected chi connectivity index (χ0v) is 20.5. The van der Waals surface area contributed by atoms with Crippen molar-refractivity contribution in [2.75, 3.05) is 51.2 Å². The van der Waals surface area contributed by atoms with Gasteiger partial charge in [0.25, 0.3) is 5.91 Å². The molecule has 0 atom stereocenters. The first-order chi connectivity index (χ1) is 17.5. The van der Waals surface area contributed by atoms with E-state index in [9.17, 15) is 14.4 Å². The smallest absolute Gasteiger partial charge is 0.420 e. The van der Waals surface area contributed by atoms with Gasteiger partial charge in [-0.1, -0.05) is 19.1 Å². The van der Waals surface area contributed by atoms with E-state index in [0.717, 1.165) is 51.1 Å². The molecule has 0 unspecified atom stereocenters. The highest BCUT2D eigenvalue weighted by molar-refractivity contribution is 5.97. The van der Waals surface area contributed by atoms with Crippen LogP contribution >= 0.6 is 0 Å². The summed E-state index contributed by atoms with van der Waals surface area (Å²) in [5.41, 5.74) is 2.76. The molecule has 1 saturated heterocycles. The molecule has 36 heavy (non-hydrogen) atoms. The van der Waals surface area contributed by atoms with Crippen molar-refractivity contribution in [2.45, 2.75) is 26.3 Å². The summed E-state index contributed by atoms with van der Waals surface area (Å²) in [6, 6.07) is 12.1. The van der Waals surface area contributed by atoms with Gasteiger partial charge in [0.05, 0.1) is 18.7 Å². The van der Waals surface area contributed by atoms with Gasteiger partial charge >= 0.3 is 11.8 Å². The number of oxazole rings is 1. The molecule has 1 fully saturated rings. The maximum absolute atomic E-state index is 12.5. The Morgan fingerprint density at radius 2 is 1.97 bits per heavy atom. The molecule has 10 heteroatoms. The molecule has 0 saturated carbocycles. The van der Waals surface area contributed by atoms with Crippen molar-refractivity contribution in [2.24, 2.45) is 0 Å². The number of rotatable bonds is 10. The van der Waals surface area contributed by atoms with E-state index < -0.39 is 11.8 Å². The Balaban J connectivity index is 1.36. The average Bonchev–Trinajstić information content (AvgIpc) is 3.20. The highest BCUT2D eigenvalue weighted by Gasteiger charge is 2.14. The summed E-state index contributed by atoms with van der Waals surface area (Å²) in [5, 5.41) is 8.90. The van der Waals surface area contributed by atoms with Crippen molar-refractivity contribution in [3.63, 3.8) is 0 Å². The normalized spacial score (nSPS) is 14.0. The van der Waals surface area contributed by atoms with Gasteiger partial charge in [-0.15, -0.1) is 0 Å². The zero-order chi connectivity index (χ0) is 25.3. The third-order valence-corrected chi connectivity index (χ3v) is 6.04. The summed E-state index contributed by atoms with van der Waals surface area (Å²) in [6.07, 6.45) is 1.10. The topological polar surface area (TPSA) is 118 Å². The van der Waals surface area contributed by atoms with Crippen molar-refractivity contribution < 1.29 is 18.7 Å². The maximum atomic E-state index is 12.5. The van der Waals surface area contributed by atoms with Crippen LogP contribution in [-0.2, 0) is 11.3 Å². The SMILES string of the molecule is CCCNC(=O)c1ccc2oc(=O)n(Cc3cccc(NC(=O)OCCCN4CCNCC4)c3)c2c1. The Morgan fingerprint density at radius 3 is 2.78 bits per heavy atom. The molecule has 3 N–H and O–H groups in total. The number of nitrogens with zero attached hydrogens (tertiary/aromatic N) is 2. The number of carbonyl (C=O) groups is 2. The molecule has 2 amide bonds. The number of benzene rings is 2. The van der Waals surface area contributed by atoms with Crippen molar-refractivity contribution in [1.82, 2.24) is 20.1 Å². The summed E-state index contributed by atoms with van der Waals surface area (Å²) in [4.78, 5) is 39.5. The van der Waals surface area contributed by atoms with E-state index in [1.807, 2.05) is 13.0 Å². The Labute approximate surface area is 209 Å². The lowest BCUT2D eigenvalue weighted by Crippen LogP contribution is -2.43. The van der Waals surface area contributed by atoms with Gasteiger partial charge in [0, 0.05) is 50.5 Å². The molecule has 1 aliphatic rings. The number of carbonyl (C=O) groups excluding carboxylic acids is 2. The van der Waals surface area contributed by atoms with E-state index in [1.165, 1.54) is 4.57 Å². The predicted molar refractivity (Wildman–Crippen MR) is 138 cm³/mol. The van der Waals surface area contributed by atoms with Crippen LogP contribution in [0.5, 0.6) is 0 Å².